The van der Waals surface area contributed by atoms with Crippen LogP contribution in [-0.2, 0) is 16.1 Å². The number of amides is 1. The second kappa shape index (κ2) is 11.3. The lowest BCUT2D eigenvalue weighted by Gasteiger charge is -2.34. The molecule has 0 atom stereocenters. The summed E-state index contributed by atoms with van der Waals surface area (Å²) in [6, 6.07) is 14.4. The minimum Gasteiger partial charge on any atom is -0.473 e. The Bertz CT molecular complexity index is 854. The number of piperazine rings is 1. The molecule has 2 N–H and O–H groups in total. The predicted octanol–water partition coefficient (Wildman–Crippen LogP) is 2.66. The highest BCUT2D eigenvalue weighted by Crippen LogP contribution is 2.17. The van der Waals surface area contributed by atoms with Gasteiger partial charge in [0.15, 0.2) is 0 Å². The predicted molar refractivity (Wildman–Crippen MR) is 111 cm³/mol. The number of carboxylic acids is 2. The molecule has 0 radical (unpaired) electrons. The van der Waals surface area contributed by atoms with E-state index in [0.717, 1.165) is 19.6 Å². The highest BCUT2D eigenvalue weighted by atomic mass is 32.2. The van der Waals surface area contributed by atoms with Crippen molar-refractivity contribution < 1.29 is 29.0 Å². The Labute approximate surface area is 178 Å². The molecule has 0 aromatic heterocycles. The Morgan fingerprint density at radius 2 is 1.43 bits per heavy atom. The summed E-state index contributed by atoms with van der Waals surface area (Å²) in [4.78, 5) is 36.1. The van der Waals surface area contributed by atoms with Gasteiger partial charge in [-0.3, -0.25) is 9.69 Å². The van der Waals surface area contributed by atoms with Crippen molar-refractivity contribution >= 4 is 29.6 Å². The molecule has 1 amide bonds. The molecular formula is C21H23FN2O5S. The molecule has 1 aliphatic rings. The number of carboxylic acid groups (broad SMARTS) is 2. The van der Waals surface area contributed by atoms with Crippen LogP contribution in [0.1, 0.15) is 15.9 Å². The van der Waals surface area contributed by atoms with Gasteiger partial charge in [0.2, 0.25) is 0 Å². The van der Waals surface area contributed by atoms with Gasteiger partial charge in [-0.1, -0.05) is 12.1 Å². The van der Waals surface area contributed by atoms with Crippen LogP contribution >= 0.6 is 11.8 Å². The molecule has 160 valence electrons. The number of carbonyl (C=O) groups is 3. The van der Waals surface area contributed by atoms with Crippen LogP contribution in [0.3, 0.4) is 0 Å². The fourth-order valence-corrected chi connectivity index (χ4v) is 3.28. The van der Waals surface area contributed by atoms with E-state index in [-0.39, 0.29) is 11.7 Å². The average molecular weight is 434 g/mol. The second-order valence-corrected chi connectivity index (χ2v) is 7.41. The summed E-state index contributed by atoms with van der Waals surface area (Å²) < 4.78 is 13.0. The molecule has 0 aliphatic carbocycles. The van der Waals surface area contributed by atoms with Crippen molar-refractivity contribution in [3.63, 3.8) is 0 Å². The number of thioether (sulfide) groups is 1. The third-order valence-electron chi connectivity index (χ3n) is 4.50. The quantitative estimate of drug-likeness (QED) is 0.564. The van der Waals surface area contributed by atoms with E-state index in [4.69, 9.17) is 19.8 Å². The molecule has 0 saturated carbocycles. The SMILES string of the molecule is CSc1ccc(CN2CCN(C(=O)c3ccc(F)cc3)CC2)cc1.O=C(O)C(=O)O. The number of carbonyl (C=O) groups excluding carboxylic acids is 1. The molecule has 2 aromatic carbocycles. The minimum absolute atomic E-state index is 0.0148. The molecule has 7 nitrogen and oxygen atoms in total. The molecule has 0 unspecified atom stereocenters. The molecule has 0 bridgehead atoms. The van der Waals surface area contributed by atoms with Crippen LogP contribution in [0.2, 0.25) is 0 Å². The highest BCUT2D eigenvalue weighted by Gasteiger charge is 2.22. The van der Waals surface area contributed by atoms with Crippen molar-refractivity contribution in [2.75, 3.05) is 32.4 Å². The number of aliphatic carboxylic acids is 2. The first-order chi connectivity index (χ1) is 14.3. The number of benzene rings is 2. The third kappa shape index (κ3) is 7.16. The summed E-state index contributed by atoms with van der Waals surface area (Å²) in [5.74, 6) is -3.98. The first-order valence-electron chi connectivity index (χ1n) is 9.16. The summed E-state index contributed by atoms with van der Waals surface area (Å²) >= 11 is 1.74. The topological polar surface area (TPSA) is 98.2 Å². The fourth-order valence-electron chi connectivity index (χ4n) is 2.87. The van der Waals surface area contributed by atoms with E-state index in [1.54, 1.807) is 23.9 Å². The molecule has 9 heteroatoms. The maximum Gasteiger partial charge on any atom is 0.414 e. The highest BCUT2D eigenvalue weighted by molar-refractivity contribution is 7.98. The molecule has 30 heavy (non-hydrogen) atoms. The van der Waals surface area contributed by atoms with E-state index >= 15 is 0 Å². The smallest absolute Gasteiger partial charge is 0.414 e. The Balaban J connectivity index is 0.000000469. The standard InChI is InChI=1S/C19H21FN2OS.C2H2O4/c1-24-18-8-2-15(3-9-18)14-21-10-12-22(13-11-21)19(23)16-4-6-17(20)7-5-16;3-1(4)2(5)6/h2-9H,10-14H2,1H3;(H,3,4)(H,5,6). The van der Waals surface area contributed by atoms with Gasteiger partial charge in [-0.2, -0.15) is 0 Å². The van der Waals surface area contributed by atoms with Crippen molar-refractivity contribution in [3.05, 3.63) is 65.5 Å². The molecule has 1 fully saturated rings. The molecule has 1 saturated heterocycles. The Morgan fingerprint density at radius 3 is 1.90 bits per heavy atom. The summed E-state index contributed by atoms with van der Waals surface area (Å²) in [6.07, 6.45) is 2.08. The van der Waals surface area contributed by atoms with Gasteiger partial charge >= 0.3 is 11.9 Å². The van der Waals surface area contributed by atoms with Crippen LogP contribution in [0.4, 0.5) is 4.39 Å². The Morgan fingerprint density at radius 1 is 0.900 bits per heavy atom. The van der Waals surface area contributed by atoms with Crippen LogP contribution in [0, 0.1) is 5.82 Å². The Hall–Kier alpha value is -2.91. The largest absolute Gasteiger partial charge is 0.473 e. The van der Waals surface area contributed by atoms with E-state index in [1.165, 1.54) is 22.6 Å². The van der Waals surface area contributed by atoms with E-state index in [2.05, 4.69) is 35.4 Å². The van der Waals surface area contributed by atoms with E-state index in [0.29, 0.717) is 18.7 Å². The first-order valence-corrected chi connectivity index (χ1v) is 10.4. The molecule has 0 spiro atoms. The zero-order valence-corrected chi connectivity index (χ0v) is 17.3. The lowest BCUT2D eigenvalue weighted by atomic mass is 10.1. The molecule has 1 heterocycles. The summed E-state index contributed by atoms with van der Waals surface area (Å²) in [5.41, 5.74) is 1.85. The van der Waals surface area contributed by atoms with Gasteiger partial charge in [0.05, 0.1) is 0 Å². The van der Waals surface area contributed by atoms with Crippen molar-refractivity contribution in [1.29, 1.82) is 0 Å². The van der Waals surface area contributed by atoms with Crippen LogP contribution in [0.15, 0.2) is 53.4 Å². The van der Waals surface area contributed by atoms with Crippen LogP contribution < -0.4 is 0 Å². The number of nitrogens with zero attached hydrogens (tertiary/aromatic N) is 2. The first kappa shape index (κ1) is 23.4. The van der Waals surface area contributed by atoms with Crippen molar-refractivity contribution in [3.8, 4) is 0 Å². The maximum absolute atomic E-state index is 13.0. The van der Waals surface area contributed by atoms with E-state index in [1.807, 2.05) is 4.90 Å². The summed E-state index contributed by atoms with van der Waals surface area (Å²) in [6.45, 7) is 4.04. The number of rotatable bonds is 4. The van der Waals surface area contributed by atoms with E-state index in [9.17, 15) is 9.18 Å². The van der Waals surface area contributed by atoms with Gasteiger partial charge in [-0.15, -0.1) is 11.8 Å². The van der Waals surface area contributed by atoms with Gasteiger partial charge in [-0.25, -0.2) is 14.0 Å². The Kier molecular flexibility index (Phi) is 8.82. The van der Waals surface area contributed by atoms with Crippen LogP contribution in [0.25, 0.3) is 0 Å². The van der Waals surface area contributed by atoms with Crippen molar-refractivity contribution in [1.82, 2.24) is 9.80 Å². The van der Waals surface area contributed by atoms with Gasteiger partial charge in [0.25, 0.3) is 5.91 Å². The lowest BCUT2D eigenvalue weighted by Crippen LogP contribution is -2.48. The van der Waals surface area contributed by atoms with Gasteiger partial charge in [-0.05, 0) is 48.2 Å². The van der Waals surface area contributed by atoms with Crippen molar-refractivity contribution in [2.45, 2.75) is 11.4 Å². The molecular weight excluding hydrogens is 411 g/mol. The summed E-state index contributed by atoms with van der Waals surface area (Å²) in [7, 11) is 0. The molecule has 1 aliphatic heterocycles. The summed E-state index contributed by atoms with van der Waals surface area (Å²) in [5, 5.41) is 14.8. The van der Waals surface area contributed by atoms with E-state index < -0.39 is 11.9 Å². The average Bonchev–Trinajstić information content (AvgIpc) is 2.75. The fraction of sp³-hybridized carbons (Fsp3) is 0.286. The zero-order valence-electron chi connectivity index (χ0n) is 16.5. The lowest BCUT2D eigenvalue weighted by molar-refractivity contribution is -0.159. The minimum atomic E-state index is -1.82. The van der Waals surface area contributed by atoms with Gasteiger partial charge in [0, 0.05) is 43.2 Å². The molecule has 2 aromatic rings. The van der Waals surface area contributed by atoms with Crippen molar-refractivity contribution in [2.24, 2.45) is 0 Å². The number of halogens is 1. The van der Waals surface area contributed by atoms with Gasteiger partial charge in [0.1, 0.15) is 5.82 Å². The second-order valence-electron chi connectivity index (χ2n) is 6.53. The number of hydrogen-bond acceptors (Lipinski definition) is 5. The van der Waals surface area contributed by atoms with Gasteiger partial charge < -0.3 is 15.1 Å². The monoisotopic (exact) mass is 434 g/mol. The molecule has 3 rings (SSSR count). The maximum atomic E-state index is 13.0. The normalized spacial score (nSPS) is 13.9. The zero-order chi connectivity index (χ0) is 22.1. The number of hydrogen-bond donors (Lipinski definition) is 2. The van der Waals surface area contributed by atoms with Crippen LogP contribution in [0.5, 0.6) is 0 Å². The van der Waals surface area contributed by atoms with Crippen LogP contribution in [-0.4, -0.2) is 70.3 Å². The third-order valence-corrected chi connectivity index (χ3v) is 5.24.